The van der Waals surface area contributed by atoms with Gasteiger partial charge in [0.2, 0.25) is 0 Å². The van der Waals surface area contributed by atoms with Gasteiger partial charge in [0.1, 0.15) is 0 Å². The molecule has 3 rings (SSSR count). The third-order valence-electron chi connectivity index (χ3n) is 4.36. The summed E-state index contributed by atoms with van der Waals surface area (Å²) in [6.07, 6.45) is 6.87. The summed E-state index contributed by atoms with van der Waals surface area (Å²) in [6, 6.07) is 0. The van der Waals surface area contributed by atoms with E-state index in [-0.39, 0.29) is 0 Å². The Morgan fingerprint density at radius 2 is 1.35 bits per heavy atom. The van der Waals surface area contributed by atoms with Crippen LogP contribution in [0.3, 0.4) is 0 Å². The molecule has 2 aliphatic rings. The predicted molar refractivity (Wildman–Crippen MR) is 76.0 cm³/mol. The molecule has 2 aliphatic carbocycles. The lowest BCUT2D eigenvalue weighted by molar-refractivity contribution is 1.25. The van der Waals surface area contributed by atoms with Crippen LogP contribution in [0, 0.1) is 13.8 Å². The first-order chi connectivity index (χ1) is 8.02. The molecule has 0 heterocycles. The molecule has 0 N–H and O–H groups in total. The quantitative estimate of drug-likeness (QED) is 0.633. The number of allylic oxidation sites excluding steroid dienone is 4. The fourth-order valence-corrected chi connectivity index (χ4v) is 3.18. The molecule has 0 saturated carbocycles. The average molecular weight is 222 g/mol. The van der Waals surface area contributed by atoms with E-state index in [4.69, 9.17) is 0 Å². The third-order valence-corrected chi connectivity index (χ3v) is 4.36. The number of fused-ring (bicyclic) bond motifs is 3. The largest absolute Gasteiger partial charge is 0.0581 e. The van der Waals surface area contributed by atoms with E-state index in [1.807, 2.05) is 0 Å². The number of hydrogen-bond donors (Lipinski definition) is 0. The molecule has 0 spiro atoms. The van der Waals surface area contributed by atoms with E-state index in [0.29, 0.717) is 0 Å². The predicted octanol–water partition coefficient (Wildman–Crippen LogP) is 3.09. The lowest BCUT2D eigenvalue weighted by atomic mass is 9.91. The van der Waals surface area contributed by atoms with E-state index in [1.165, 1.54) is 49.4 Å². The highest BCUT2D eigenvalue weighted by Gasteiger charge is 2.19. The SMILES string of the molecule is CC1=CC=c2c1c(C)c(C)c1c2=CC(C)=C1C. The van der Waals surface area contributed by atoms with Gasteiger partial charge in [-0.2, -0.15) is 0 Å². The van der Waals surface area contributed by atoms with Crippen LogP contribution in [0.1, 0.15) is 43.0 Å². The van der Waals surface area contributed by atoms with E-state index >= 15 is 0 Å². The van der Waals surface area contributed by atoms with Crippen LogP contribution in [0.25, 0.3) is 23.3 Å². The van der Waals surface area contributed by atoms with Crippen molar-refractivity contribution in [3.8, 4) is 0 Å². The zero-order valence-corrected chi connectivity index (χ0v) is 11.2. The molecule has 0 fully saturated rings. The molecule has 0 radical (unpaired) electrons. The molecule has 0 amide bonds. The Morgan fingerprint density at radius 3 is 2.06 bits per heavy atom. The zero-order valence-electron chi connectivity index (χ0n) is 11.2. The fraction of sp³-hybridized carbons (Fsp3) is 0.294. The van der Waals surface area contributed by atoms with Gasteiger partial charge in [-0.3, -0.25) is 0 Å². The van der Waals surface area contributed by atoms with Gasteiger partial charge in [-0.25, -0.2) is 0 Å². The fourth-order valence-electron chi connectivity index (χ4n) is 3.18. The maximum atomic E-state index is 2.35. The van der Waals surface area contributed by atoms with E-state index in [1.54, 1.807) is 0 Å². The van der Waals surface area contributed by atoms with Crippen LogP contribution in [-0.4, -0.2) is 0 Å². The Morgan fingerprint density at radius 1 is 0.706 bits per heavy atom. The summed E-state index contributed by atoms with van der Waals surface area (Å²) >= 11 is 0. The van der Waals surface area contributed by atoms with Gasteiger partial charge in [0.05, 0.1) is 0 Å². The van der Waals surface area contributed by atoms with Crippen molar-refractivity contribution in [2.45, 2.75) is 34.6 Å². The summed E-state index contributed by atoms with van der Waals surface area (Å²) in [5.74, 6) is 0. The van der Waals surface area contributed by atoms with Crippen molar-refractivity contribution < 1.29 is 0 Å². The van der Waals surface area contributed by atoms with Crippen molar-refractivity contribution in [2.75, 3.05) is 0 Å². The first-order valence-corrected chi connectivity index (χ1v) is 6.24. The van der Waals surface area contributed by atoms with Crippen LogP contribution in [0.15, 0.2) is 11.6 Å². The molecule has 17 heavy (non-hydrogen) atoms. The topological polar surface area (TPSA) is 0 Å². The van der Waals surface area contributed by atoms with Gasteiger partial charge in [-0.15, -0.1) is 0 Å². The Hall–Kier alpha value is -1.56. The second kappa shape index (κ2) is 3.22. The van der Waals surface area contributed by atoms with Crippen molar-refractivity contribution in [1.82, 2.24) is 0 Å². The molecule has 0 aliphatic heterocycles. The second-order valence-electron chi connectivity index (χ2n) is 5.30. The Kier molecular flexibility index (Phi) is 2.01. The summed E-state index contributed by atoms with van der Waals surface area (Å²) in [5, 5.41) is 2.86. The zero-order chi connectivity index (χ0) is 12.3. The number of benzene rings is 1. The first-order valence-electron chi connectivity index (χ1n) is 6.24. The minimum atomic E-state index is 1.40. The van der Waals surface area contributed by atoms with Crippen molar-refractivity contribution in [3.63, 3.8) is 0 Å². The normalized spacial score (nSPS) is 16.4. The van der Waals surface area contributed by atoms with Crippen LogP contribution >= 0.6 is 0 Å². The van der Waals surface area contributed by atoms with Gasteiger partial charge in [0.15, 0.2) is 0 Å². The standard InChI is InChI=1S/C17H18/c1-9-6-7-14-15-8-10(2)11(3)17(15)13(5)12(4)16(9)14/h6-8H,1-5H3. The molecule has 0 unspecified atom stereocenters. The Labute approximate surface area is 103 Å². The van der Waals surface area contributed by atoms with Crippen molar-refractivity contribution in [1.29, 1.82) is 0 Å². The van der Waals surface area contributed by atoms with Crippen LogP contribution in [0.5, 0.6) is 0 Å². The van der Waals surface area contributed by atoms with Crippen molar-refractivity contribution in [3.05, 3.63) is 44.3 Å². The van der Waals surface area contributed by atoms with Gasteiger partial charge in [0, 0.05) is 0 Å². The third kappa shape index (κ3) is 1.18. The monoisotopic (exact) mass is 222 g/mol. The van der Waals surface area contributed by atoms with Gasteiger partial charge < -0.3 is 0 Å². The lowest BCUT2D eigenvalue weighted by Gasteiger charge is -2.13. The minimum Gasteiger partial charge on any atom is -0.0581 e. The second-order valence-corrected chi connectivity index (χ2v) is 5.30. The van der Waals surface area contributed by atoms with Crippen LogP contribution in [0.4, 0.5) is 0 Å². The Bertz CT molecular complexity index is 723. The van der Waals surface area contributed by atoms with Crippen molar-refractivity contribution >= 4 is 23.3 Å². The van der Waals surface area contributed by atoms with Crippen molar-refractivity contribution in [2.24, 2.45) is 0 Å². The van der Waals surface area contributed by atoms with E-state index in [2.05, 4.69) is 52.8 Å². The molecule has 1 aromatic carbocycles. The minimum absolute atomic E-state index is 1.40. The molecule has 0 bridgehead atoms. The number of hydrogen-bond acceptors (Lipinski definition) is 0. The lowest BCUT2D eigenvalue weighted by Crippen LogP contribution is -2.30. The molecule has 1 aromatic rings. The van der Waals surface area contributed by atoms with Gasteiger partial charge in [-0.1, -0.05) is 18.2 Å². The summed E-state index contributed by atoms with van der Waals surface area (Å²) in [7, 11) is 0. The smallest absolute Gasteiger partial charge is 0.00969 e. The summed E-state index contributed by atoms with van der Waals surface area (Å²) in [5.41, 5.74) is 10.1. The van der Waals surface area contributed by atoms with E-state index in [0.717, 1.165) is 0 Å². The molecular weight excluding hydrogens is 204 g/mol. The molecular formula is C17H18. The van der Waals surface area contributed by atoms with Gasteiger partial charge in [-0.05, 0) is 84.0 Å². The summed E-state index contributed by atoms with van der Waals surface area (Å²) < 4.78 is 0. The molecule has 0 atom stereocenters. The molecule has 0 heteroatoms. The highest BCUT2D eigenvalue weighted by atomic mass is 14.2. The molecule has 86 valence electrons. The maximum Gasteiger partial charge on any atom is -0.00969 e. The first kappa shape index (κ1) is 10.6. The van der Waals surface area contributed by atoms with Crippen LogP contribution in [-0.2, 0) is 0 Å². The highest BCUT2D eigenvalue weighted by molar-refractivity contribution is 5.88. The summed E-state index contributed by atoms with van der Waals surface area (Å²) in [6.45, 7) is 11.2. The Balaban J connectivity index is 2.55. The van der Waals surface area contributed by atoms with Gasteiger partial charge in [0.25, 0.3) is 0 Å². The molecule has 0 aromatic heterocycles. The number of rotatable bonds is 0. The maximum absolute atomic E-state index is 2.35. The van der Waals surface area contributed by atoms with E-state index in [9.17, 15) is 0 Å². The summed E-state index contributed by atoms with van der Waals surface area (Å²) in [4.78, 5) is 0. The van der Waals surface area contributed by atoms with Crippen LogP contribution in [0.2, 0.25) is 0 Å². The van der Waals surface area contributed by atoms with Gasteiger partial charge >= 0.3 is 0 Å². The molecule has 0 nitrogen and oxygen atoms in total. The van der Waals surface area contributed by atoms with E-state index < -0.39 is 0 Å². The average Bonchev–Trinajstić information content (AvgIpc) is 2.79. The van der Waals surface area contributed by atoms with Crippen LogP contribution < -0.4 is 10.4 Å². The highest BCUT2D eigenvalue weighted by Crippen LogP contribution is 2.29. The molecule has 0 saturated heterocycles.